The van der Waals surface area contributed by atoms with Gasteiger partial charge in [0, 0.05) is 52.9 Å². The molecule has 230 valence electrons. The monoisotopic (exact) mass is 676 g/mol. The minimum atomic E-state index is -0.477. The van der Waals surface area contributed by atoms with E-state index in [1.54, 1.807) is 55.8 Å². The maximum absolute atomic E-state index is 15.1. The van der Waals surface area contributed by atoms with Crippen LogP contribution in [0.1, 0.15) is 18.8 Å². The lowest BCUT2D eigenvalue weighted by atomic mass is 9.99. The summed E-state index contributed by atoms with van der Waals surface area (Å²) >= 11 is 3.31. The van der Waals surface area contributed by atoms with E-state index in [0.717, 1.165) is 20.8 Å². The number of pyridine rings is 2. The van der Waals surface area contributed by atoms with Crippen LogP contribution >= 0.6 is 15.9 Å². The first-order chi connectivity index (χ1) is 21.8. The van der Waals surface area contributed by atoms with Gasteiger partial charge in [-0.1, -0.05) is 84.0 Å². The molecule has 3 aromatic heterocycles. The smallest absolute Gasteiger partial charge is 0.261 e. The Bertz CT molecular complexity index is 2370. The molecule has 0 fully saturated rings. The highest BCUT2D eigenvalue weighted by molar-refractivity contribution is 9.10. The van der Waals surface area contributed by atoms with Gasteiger partial charge < -0.3 is 9.97 Å². The van der Waals surface area contributed by atoms with Gasteiger partial charge in [-0.05, 0) is 63.9 Å². The van der Waals surface area contributed by atoms with E-state index in [1.807, 2.05) is 54.6 Å². The quantitative estimate of drug-likeness (QED) is 0.200. The molecule has 0 spiro atoms. The molecular weight excluding hydrogens is 647 g/mol. The summed E-state index contributed by atoms with van der Waals surface area (Å²) in [7, 11) is 1.68. The molecule has 9 heteroatoms. The average molecular weight is 678 g/mol. The summed E-state index contributed by atoms with van der Waals surface area (Å²) in [5.41, 5.74) is 2.27. The van der Waals surface area contributed by atoms with Gasteiger partial charge in [0.05, 0.1) is 5.56 Å². The van der Waals surface area contributed by atoms with E-state index < -0.39 is 5.82 Å². The van der Waals surface area contributed by atoms with E-state index in [2.05, 4.69) is 30.9 Å². The Labute approximate surface area is 272 Å². The van der Waals surface area contributed by atoms with Crippen LogP contribution in [0, 0.1) is 5.82 Å². The van der Waals surface area contributed by atoms with Crippen molar-refractivity contribution < 1.29 is 4.39 Å². The molecule has 7 nitrogen and oxygen atoms in total. The van der Waals surface area contributed by atoms with Crippen molar-refractivity contribution in [2.24, 2.45) is 7.05 Å². The minimum absolute atomic E-state index is 0. The second-order valence-corrected chi connectivity index (χ2v) is 11.4. The molecule has 0 bridgehead atoms. The number of benzene rings is 4. The van der Waals surface area contributed by atoms with Crippen molar-refractivity contribution in [1.29, 1.82) is 0 Å². The van der Waals surface area contributed by atoms with Gasteiger partial charge in [0.1, 0.15) is 11.6 Å². The highest BCUT2D eigenvalue weighted by Crippen LogP contribution is 2.28. The predicted molar refractivity (Wildman–Crippen MR) is 187 cm³/mol. The van der Waals surface area contributed by atoms with Crippen LogP contribution in [0.25, 0.3) is 43.8 Å². The molecule has 0 aliphatic carbocycles. The lowest BCUT2D eigenvalue weighted by Crippen LogP contribution is -2.23. The first-order valence-corrected chi connectivity index (χ1v) is 14.9. The van der Waals surface area contributed by atoms with Crippen LogP contribution in [0.2, 0.25) is 0 Å². The van der Waals surface area contributed by atoms with Gasteiger partial charge in [-0.25, -0.2) is 9.37 Å². The first kappa shape index (κ1) is 32.0. The van der Waals surface area contributed by atoms with Crippen molar-refractivity contribution >= 4 is 37.5 Å². The maximum Gasteiger partial charge on any atom is 0.261 e. The molecule has 0 amide bonds. The third-order valence-corrected chi connectivity index (χ3v) is 8.07. The molecule has 0 saturated carbocycles. The number of aromatic amines is 2. The molecule has 0 atom stereocenters. The van der Waals surface area contributed by atoms with Gasteiger partial charge in [0.25, 0.3) is 16.7 Å². The van der Waals surface area contributed by atoms with Crippen LogP contribution in [0.4, 0.5) is 4.39 Å². The van der Waals surface area contributed by atoms with E-state index in [1.165, 1.54) is 16.8 Å². The second kappa shape index (κ2) is 13.7. The number of nitrogens with zero attached hydrogens (tertiary/aromatic N) is 2. The number of fused-ring (bicyclic) bond motifs is 2. The van der Waals surface area contributed by atoms with Crippen molar-refractivity contribution in [3.63, 3.8) is 0 Å². The first-order valence-electron chi connectivity index (χ1n) is 14.1. The number of H-pyrrole nitrogens is 2. The summed E-state index contributed by atoms with van der Waals surface area (Å²) < 4.78 is 17.5. The molecule has 0 saturated heterocycles. The Morgan fingerprint density at radius 2 is 1.35 bits per heavy atom. The number of rotatable bonds is 4. The van der Waals surface area contributed by atoms with Crippen molar-refractivity contribution in [3.05, 3.63) is 168 Å². The molecule has 0 unspecified atom stereocenters. The summed E-state index contributed by atoms with van der Waals surface area (Å²) in [5, 5.41) is 2.95. The molecule has 46 heavy (non-hydrogen) atoms. The van der Waals surface area contributed by atoms with Gasteiger partial charge in [-0.2, -0.15) is 0 Å². The summed E-state index contributed by atoms with van der Waals surface area (Å²) in [6.07, 6.45) is 5.27. The van der Waals surface area contributed by atoms with Crippen molar-refractivity contribution in [2.45, 2.75) is 13.8 Å². The van der Waals surface area contributed by atoms with Crippen LogP contribution < -0.4 is 16.7 Å². The summed E-state index contributed by atoms with van der Waals surface area (Å²) in [4.78, 5) is 46.1. The van der Waals surface area contributed by atoms with E-state index in [-0.39, 0.29) is 24.1 Å². The molecule has 4 aromatic carbocycles. The SMILES string of the molecule is C.Cn1c(Cc2ccccc2)ncc(-c2ccc(-c3ccc4cc[nH]c(=O)c4c3)c(F)c2)c1=O.O=c1[nH]ccc2ccc(Br)cc12. The fraction of sp³-hybridized carbons (Fsp3) is 0.0811. The van der Waals surface area contributed by atoms with Gasteiger partial charge >= 0.3 is 0 Å². The number of hydrogen-bond donors (Lipinski definition) is 2. The maximum atomic E-state index is 15.1. The van der Waals surface area contributed by atoms with Crippen molar-refractivity contribution in [1.82, 2.24) is 19.5 Å². The minimum Gasteiger partial charge on any atom is -0.329 e. The van der Waals surface area contributed by atoms with Crippen LogP contribution in [-0.4, -0.2) is 19.5 Å². The van der Waals surface area contributed by atoms with Crippen LogP contribution in [-0.2, 0) is 13.5 Å². The average Bonchev–Trinajstić information content (AvgIpc) is 3.05. The highest BCUT2D eigenvalue weighted by Gasteiger charge is 2.14. The van der Waals surface area contributed by atoms with Crippen LogP contribution in [0.3, 0.4) is 0 Å². The second-order valence-electron chi connectivity index (χ2n) is 10.5. The van der Waals surface area contributed by atoms with Crippen molar-refractivity contribution in [3.8, 4) is 22.3 Å². The zero-order valence-electron chi connectivity index (χ0n) is 24.1. The third kappa shape index (κ3) is 6.64. The molecule has 0 aliphatic rings. The third-order valence-electron chi connectivity index (χ3n) is 7.57. The molecule has 0 radical (unpaired) electrons. The Morgan fingerprint density at radius 1 is 0.739 bits per heavy atom. The largest absolute Gasteiger partial charge is 0.329 e. The topological polar surface area (TPSA) is 101 Å². The van der Waals surface area contributed by atoms with E-state index in [9.17, 15) is 14.4 Å². The number of hydrogen-bond acceptors (Lipinski definition) is 4. The normalized spacial score (nSPS) is 10.7. The lowest BCUT2D eigenvalue weighted by Gasteiger charge is -2.11. The molecule has 3 heterocycles. The Morgan fingerprint density at radius 3 is 2.02 bits per heavy atom. The fourth-order valence-electron chi connectivity index (χ4n) is 5.14. The fourth-order valence-corrected chi connectivity index (χ4v) is 5.50. The van der Waals surface area contributed by atoms with Crippen LogP contribution in [0.5, 0.6) is 0 Å². The molecule has 7 aromatic rings. The van der Waals surface area contributed by atoms with Gasteiger partial charge in [-0.15, -0.1) is 0 Å². The highest BCUT2D eigenvalue weighted by atomic mass is 79.9. The summed E-state index contributed by atoms with van der Waals surface area (Å²) in [6.45, 7) is 0. The summed E-state index contributed by atoms with van der Waals surface area (Å²) in [5.74, 6) is 0.156. The Hall–Kier alpha value is -5.41. The Kier molecular flexibility index (Phi) is 9.53. The summed E-state index contributed by atoms with van der Waals surface area (Å²) in [6, 6.07) is 29.0. The van der Waals surface area contributed by atoms with Crippen molar-refractivity contribution in [2.75, 3.05) is 0 Å². The van der Waals surface area contributed by atoms with Gasteiger partial charge in [-0.3, -0.25) is 19.0 Å². The van der Waals surface area contributed by atoms with E-state index >= 15 is 4.39 Å². The van der Waals surface area contributed by atoms with Gasteiger partial charge in [0.2, 0.25) is 0 Å². The number of halogens is 2. The molecule has 2 N–H and O–H groups in total. The number of aromatic nitrogens is 4. The van der Waals surface area contributed by atoms with E-state index in [0.29, 0.717) is 45.3 Å². The standard InChI is InChI=1S/C27H20FN3O2.C9H6BrNO.CH4/c1-31-25(13-17-5-3-2-4-6-17)30-16-23(27(31)33)20-9-10-21(24(28)15-20)19-8-7-18-11-12-29-26(32)22(18)14-19;10-7-2-1-6-3-4-11-9(12)8(6)5-7;/h2-12,14-16H,13H2,1H3,(H,29,32);1-5H,(H,11,12);1H4. The zero-order chi connectivity index (χ0) is 31.5. The number of nitrogens with one attached hydrogen (secondary N) is 2. The predicted octanol–water partition coefficient (Wildman–Crippen LogP) is 7.61. The van der Waals surface area contributed by atoms with Gasteiger partial charge in [0.15, 0.2) is 0 Å². The lowest BCUT2D eigenvalue weighted by molar-refractivity contribution is 0.631. The molecule has 0 aliphatic heterocycles. The zero-order valence-corrected chi connectivity index (χ0v) is 25.6. The Balaban J connectivity index is 0.000000269. The van der Waals surface area contributed by atoms with E-state index in [4.69, 9.17) is 0 Å². The molecule has 7 rings (SSSR count). The van der Waals surface area contributed by atoms with Crippen LogP contribution in [0.15, 0.2) is 135 Å². The molecular formula is C37H30BrFN4O3.